The highest BCUT2D eigenvalue weighted by Gasteiger charge is 2.35. The monoisotopic (exact) mass is 285 g/mol. The SMILES string of the molecule is CCCNCC1(c2ccc(Cl)c(Cl)c2)CCCC1. The van der Waals surface area contributed by atoms with E-state index >= 15 is 0 Å². The van der Waals surface area contributed by atoms with E-state index in [1.807, 2.05) is 6.07 Å². The van der Waals surface area contributed by atoms with Gasteiger partial charge in [-0.05, 0) is 43.5 Å². The van der Waals surface area contributed by atoms with E-state index in [4.69, 9.17) is 23.2 Å². The van der Waals surface area contributed by atoms with Crippen LogP contribution in [0.5, 0.6) is 0 Å². The minimum absolute atomic E-state index is 0.267. The van der Waals surface area contributed by atoms with Crippen LogP contribution in [0.25, 0.3) is 0 Å². The summed E-state index contributed by atoms with van der Waals surface area (Å²) in [5.41, 5.74) is 1.61. The Morgan fingerprint density at radius 3 is 2.50 bits per heavy atom. The van der Waals surface area contributed by atoms with Crippen LogP contribution >= 0.6 is 23.2 Å². The van der Waals surface area contributed by atoms with Crippen LogP contribution in [-0.2, 0) is 5.41 Å². The Hall–Kier alpha value is -0.240. The van der Waals surface area contributed by atoms with E-state index in [0.717, 1.165) is 13.1 Å². The molecule has 100 valence electrons. The molecule has 1 aromatic rings. The van der Waals surface area contributed by atoms with E-state index in [1.165, 1.54) is 37.7 Å². The first-order valence-corrected chi connectivity index (χ1v) is 7.60. The zero-order chi connectivity index (χ0) is 13.0. The molecule has 0 amide bonds. The van der Waals surface area contributed by atoms with Gasteiger partial charge in [-0.1, -0.05) is 49.0 Å². The minimum Gasteiger partial charge on any atom is -0.316 e. The molecule has 0 saturated heterocycles. The Balaban J connectivity index is 2.20. The van der Waals surface area contributed by atoms with Crippen LogP contribution < -0.4 is 5.32 Å². The van der Waals surface area contributed by atoms with Crippen molar-refractivity contribution in [1.29, 1.82) is 0 Å². The molecule has 1 saturated carbocycles. The van der Waals surface area contributed by atoms with Gasteiger partial charge in [0.25, 0.3) is 0 Å². The van der Waals surface area contributed by atoms with Gasteiger partial charge in [0.2, 0.25) is 0 Å². The van der Waals surface area contributed by atoms with Gasteiger partial charge in [-0.15, -0.1) is 0 Å². The van der Waals surface area contributed by atoms with E-state index in [0.29, 0.717) is 10.0 Å². The molecule has 0 atom stereocenters. The normalized spacial score (nSPS) is 18.2. The van der Waals surface area contributed by atoms with Gasteiger partial charge >= 0.3 is 0 Å². The van der Waals surface area contributed by atoms with Crippen molar-refractivity contribution in [3.05, 3.63) is 33.8 Å². The minimum atomic E-state index is 0.267. The maximum Gasteiger partial charge on any atom is 0.0595 e. The summed E-state index contributed by atoms with van der Waals surface area (Å²) in [5, 5.41) is 4.90. The molecule has 0 aliphatic heterocycles. The maximum atomic E-state index is 6.16. The molecule has 1 aromatic carbocycles. The molecule has 0 spiro atoms. The molecule has 0 unspecified atom stereocenters. The van der Waals surface area contributed by atoms with Crippen LogP contribution in [0.2, 0.25) is 10.0 Å². The molecular weight excluding hydrogens is 265 g/mol. The summed E-state index contributed by atoms with van der Waals surface area (Å²) < 4.78 is 0. The lowest BCUT2D eigenvalue weighted by Gasteiger charge is -2.30. The number of rotatable bonds is 5. The van der Waals surface area contributed by atoms with Crippen molar-refractivity contribution >= 4 is 23.2 Å². The first kappa shape index (κ1) is 14.2. The number of hydrogen-bond donors (Lipinski definition) is 1. The van der Waals surface area contributed by atoms with Gasteiger partial charge in [0.15, 0.2) is 0 Å². The average molecular weight is 286 g/mol. The van der Waals surface area contributed by atoms with Crippen molar-refractivity contribution in [2.45, 2.75) is 44.4 Å². The van der Waals surface area contributed by atoms with Crippen LogP contribution in [-0.4, -0.2) is 13.1 Å². The molecule has 1 aliphatic rings. The van der Waals surface area contributed by atoms with Gasteiger partial charge in [-0.3, -0.25) is 0 Å². The Bertz CT molecular complexity index is 397. The van der Waals surface area contributed by atoms with Gasteiger partial charge in [0.05, 0.1) is 10.0 Å². The van der Waals surface area contributed by atoms with E-state index < -0.39 is 0 Å². The fraction of sp³-hybridized carbons (Fsp3) is 0.600. The number of nitrogens with one attached hydrogen (secondary N) is 1. The van der Waals surface area contributed by atoms with E-state index in [9.17, 15) is 0 Å². The molecule has 1 nitrogen and oxygen atoms in total. The van der Waals surface area contributed by atoms with Crippen molar-refractivity contribution in [3.8, 4) is 0 Å². The van der Waals surface area contributed by atoms with Crippen molar-refractivity contribution in [2.75, 3.05) is 13.1 Å². The first-order chi connectivity index (χ1) is 8.68. The number of hydrogen-bond acceptors (Lipinski definition) is 1. The molecule has 3 heteroatoms. The molecule has 0 heterocycles. The third-order valence-corrected chi connectivity index (χ3v) is 4.72. The molecule has 2 rings (SSSR count). The highest BCUT2D eigenvalue weighted by Crippen LogP contribution is 2.42. The van der Waals surface area contributed by atoms with Crippen molar-refractivity contribution < 1.29 is 0 Å². The second-order valence-electron chi connectivity index (χ2n) is 5.29. The van der Waals surface area contributed by atoms with Crippen LogP contribution in [0.4, 0.5) is 0 Å². The third-order valence-electron chi connectivity index (χ3n) is 3.98. The Kier molecular flexibility index (Phi) is 4.94. The molecule has 0 bridgehead atoms. The summed E-state index contributed by atoms with van der Waals surface area (Å²) in [7, 11) is 0. The smallest absolute Gasteiger partial charge is 0.0595 e. The summed E-state index contributed by atoms with van der Waals surface area (Å²) in [4.78, 5) is 0. The fourth-order valence-corrected chi connectivity index (χ4v) is 3.25. The predicted octanol–water partition coefficient (Wildman–Crippen LogP) is 4.80. The summed E-state index contributed by atoms with van der Waals surface area (Å²) in [6.07, 6.45) is 6.31. The summed E-state index contributed by atoms with van der Waals surface area (Å²) >= 11 is 12.2. The summed E-state index contributed by atoms with van der Waals surface area (Å²) in [5.74, 6) is 0. The lowest BCUT2D eigenvalue weighted by Crippen LogP contribution is -2.36. The molecule has 0 aromatic heterocycles. The zero-order valence-electron chi connectivity index (χ0n) is 10.9. The topological polar surface area (TPSA) is 12.0 Å². The molecule has 18 heavy (non-hydrogen) atoms. The second kappa shape index (κ2) is 6.27. The lowest BCUT2D eigenvalue weighted by atomic mass is 9.79. The highest BCUT2D eigenvalue weighted by atomic mass is 35.5. The zero-order valence-corrected chi connectivity index (χ0v) is 12.4. The van der Waals surface area contributed by atoms with Gasteiger partial charge in [-0.25, -0.2) is 0 Å². The predicted molar refractivity (Wildman–Crippen MR) is 79.8 cm³/mol. The average Bonchev–Trinajstić information content (AvgIpc) is 2.83. The van der Waals surface area contributed by atoms with E-state index in [2.05, 4.69) is 24.4 Å². The molecular formula is C15H21Cl2N. The number of benzene rings is 1. The van der Waals surface area contributed by atoms with Gasteiger partial charge in [0.1, 0.15) is 0 Å². The quantitative estimate of drug-likeness (QED) is 0.766. The van der Waals surface area contributed by atoms with Crippen LogP contribution in [0.15, 0.2) is 18.2 Å². The molecule has 1 fully saturated rings. The summed E-state index contributed by atoms with van der Waals surface area (Å²) in [6, 6.07) is 6.13. The summed E-state index contributed by atoms with van der Waals surface area (Å²) in [6.45, 7) is 4.34. The largest absolute Gasteiger partial charge is 0.316 e. The Morgan fingerprint density at radius 1 is 1.17 bits per heavy atom. The molecule has 1 aliphatic carbocycles. The van der Waals surface area contributed by atoms with Crippen LogP contribution in [0.1, 0.15) is 44.6 Å². The second-order valence-corrected chi connectivity index (χ2v) is 6.11. The maximum absolute atomic E-state index is 6.16. The van der Waals surface area contributed by atoms with E-state index in [-0.39, 0.29) is 5.41 Å². The first-order valence-electron chi connectivity index (χ1n) is 6.84. The van der Waals surface area contributed by atoms with Crippen molar-refractivity contribution in [3.63, 3.8) is 0 Å². The van der Waals surface area contributed by atoms with Gasteiger partial charge < -0.3 is 5.32 Å². The van der Waals surface area contributed by atoms with Gasteiger partial charge in [0, 0.05) is 12.0 Å². The fourth-order valence-electron chi connectivity index (χ4n) is 2.95. The van der Waals surface area contributed by atoms with E-state index in [1.54, 1.807) is 0 Å². The van der Waals surface area contributed by atoms with Crippen molar-refractivity contribution in [1.82, 2.24) is 5.32 Å². The Morgan fingerprint density at radius 2 is 1.89 bits per heavy atom. The molecule has 0 radical (unpaired) electrons. The van der Waals surface area contributed by atoms with Crippen LogP contribution in [0, 0.1) is 0 Å². The lowest BCUT2D eigenvalue weighted by molar-refractivity contribution is 0.405. The number of halogens is 2. The van der Waals surface area contributed by atoms with Gasteiger partial charge in [-0.2, -0.15) is 0 Å². The van der Waals surface area contributed by atoms with Crippen LogP contribution in [0.3, 0.4) is 0 Å². The Labute approximate surface area is 120 Å². The highest BCUT2D eigenvalue weighted by molar-refractivity contribution is 6.42. The standard InChI is InChI=1S/C15H21Cl2N/c1-2-9-18-11-15(7-3-4-8-15)12-5-6-13(16)14(17)10-12/h5-6,10,18H,2-4,7-9,11H2,1H3. The molecule has 1 N–H and O–H groups in total. The van der Waals surface area contributed by atoms with Crippen molar-refractivity contribution in [2.24, 2.45) is 0 Å². The third kappa shape index (κ3) is 3.01.